The maximum atomic E-state index is 13.4. The summed E-state index contributed by atoms with van der Waals surface area (Å²) in [6.07, 6.45) is -0.976. The number of aromatic nitrogens is 1. The minimum atomic E-state index is -0.976. The zero-order valence-electron chi connectivity index (χ0n) is 11.6. The molecule has 0 amide bonds. The lowest BCUT2D eigenvalue weighted by molar-refractivity contribution is 0.219. The van der Waals surface area contributed by atoms with Crippen molar-refractivity contribution in [2.45, 2.75) is 13.0 Å². The largest absolute Gasteiger partial charge is 0.419 e. The fourth-order valence-electron chi connectivity index (χ4n) is 2.41. The van der Waals surface area contributed by atoms with Gasteiger partial charge in [0.15, 0.2) is 5.58 Å². The minimum Gasteiger partial charge on any atom is -0.408 e. The first kappa shape index (κ1) is 13.6. The molecule has 5 heteroatoms. The molecule has 3 aromatic rings. The molecule has 1 unspecified atom stereocenters. The molecule has 3 rings (SSSR count). The van der Waals surface area contributed by atoms with Gasteiger partial charge in [-0.15, -0.1) is 0 Å². The Morgan fingerprint density at radius 2 is 2.00 bits per heavy atom. The summed E-state index contributed by atoms with van der Waals surface area (Å²) >= 11 is 0. The lowest BCUT2D eigenvalue weighted by atomic mass is 9.97. The number of benzene rings is 2. The highest BCUT2D eigenvalue weighted by Crippen LogP contribution is 2.27. The molecule has 1 N–H and O–H groups in total. The van der Waals surface area contributed by atoms with Crippen LogP contribution in [0.15, 0.2) is 45.6 Å². The molecule has 0 aliphatic heterocycles. The summed E-state index contributed by atoms with van der Waals surface area (Å²) in [5.74, 6) is -0.861. The molecule has 0 aliphatic rings. The molecule has 21 heavy (non-hydrogen) atoms. The van der Waals surface area contributed by atoms with Crippen LogP contribution in [0.2, 0.25) is 0 Å². The van der Waals surface area contributed by atoms with Crippen LogP contribution in [0.5, 0.6) is 0 Å². The number of aryl methyl sites for hydroxylation is 2. The van der Waals surface area contributed by atoms with Crippen LogP contribution in [-0.4, -0.2) is 9.67 Å². The third-order valence-electron chi connectivity index (χ3n) is 3.67. The van der Waals surface area contributed by atoms with Gasteiger partial charge in [0, 0.05) is 7.05 Å². The van der Waals surface area contributed by atoms with E-state index in [1.165, 1.54) is 16.7 Å². The zero-order chi connectivity index (χ0) is 15.1. The molecule has 0 spiro atoms. The van der Waals surface area contributed by atoms with Crippen molar-refractivity contribution < 1.29 is 13.9 Å². The topological polar surface area (TPSA) is 55.4 Å². The van der Waals surface area contributed by atoms with Gasteiger partial charge in [0.05, 0.1) is 5.52 Å². The first-order chi connectivity index (χ1) is 9.97. The molecule has 0 saturated carbocycles. The van der Waals surface area contributed by atoms with Crippen molar-refractivity contribution in [1.82, 2.24) is 4.57 Å². The molecule has 2 aromatic carbocycles. The molecular weight excluding hydrogens is 273 g/mol. The molecule has 1 atom stereocenters. The molecule has 108 valence electrons. The van der Waals surface area contributed by atoms with Gasteiger partial charge < -0.3 is 9.52 Å². The van der Waals surface area contributed by atoms with Crippen LogP contribution in [0.4, 0.5) is 4.39 Å². The van der Waals surface area contributed by atoms with E-state index in [0.29, 0.717) is 22.2 Å². The highest BCUT2D eigenvalue weighted by atomic mass is 19.1. The second-order valence-corrected chi connectivity index (χ2v) is 5.06. The van der Waals surface area contributed by atoms with Crippen molar-refractivity contribution in [3.05, 3.63) is 69.5 Å². The maximum Gasteiger partial charge on any atom is 0.419 e. The van der Waals surface area contributed by atoms with Crippen LogP contribution in [-0.2, 0) is 7.05 Å². The van der Waals surface area contributed by atoms with Gasteiger partial charge in [0.1, 0.15) is 11.9 Å². The van der Waals surface area contributed by atoms with Crippen molar-refractivity contribution in [2.75, 3.05) is 0 Å². The highest BCUT2D eigenvalue weighted by Gasteiger charge is 2.16. The average Bonchev–Trinajstić information content (AvgIpc) is 2.75. The summed E-state index contributed by atoms with van der Waals surface area (Å²) in [5, 5.41) is 10.4. The summed E-state index contributed by atoms with van der Waals surface area (Å²) in [7, 11) is 1.61. The Hall–Kier alpha value is -2.40. The fraction of sp³-hybridized carbons (Fsp3) is 0.188. The number of nitrogens with zero attached hydrogens (tertiary/aromatic N) is 1. The fourth-order valence-corrected chi connectivity index (χ4v) is 2.41. The molecular formula is C16H14FNO3. The van der Waals surface area contributed by atoms with Crippen molar-refractivity contribution >= 4 is 11.1 Å². The number of rotatable bonds is 2. The lowest BCUT2D eigenvalue weighted by Gasteiger charge is -2.14. The lowest BCUT2D eigenvalue weighted by Crippen LogP contribution is -2.08. The van der Waals surface area contributed by atoms with Crippen LogP contribution in [0.25, 0.3) is 11.1 Å². The summed E-state index contributed by atoms with van der Waals surface area (Å²) in [6.45, 7) is 1.80. The van der Waals surface area contributed by atoms with Crippen molar-refractivity contribution in [1.29, 1.82) is 0 Å². The summed E-state index contributed by atoms with van der Waals surface area (Å²) in [4.78, 5) is 11.5. The van der Waals surface area contributed by atoms with Gasteiger partial charge in [-0.1, -0.05) is 12.1 Å². The highest BCUT2D eigenvalue weighted by molar-refractivity contribution is 5.74. The second-order valence-electron chi connectivity index (χ2n) is 5.06. The van der Waals surface area contributed by atoms with Gasteiger partial charge in [-0.25, -0.2) is 9.18 Å². The molecule has 0 fully saturated rings. The van der Waals surface area contributed by atoms with Gasteiger partial charge in [-0.05, 0) is 47.9 Å². The average molecular weight is 287 g/mol. The van der Waals surface area contributed by atoms with E-state index in [0.717, 1.165) is 5.56 Å². The maximum absolute atomic E-state index is 13.4. The smallest absolute Gasteiger partial charge is 0.408 e. The third kappa shape index (κ3) is 2.25. The van der Waals surface area contributed by atoms with E-state index < -0.39 is 17.7 Å². The van der Waals surface area contributed by atoms with E-state index in [-0.39, 0.29) is 0 Å². The molecule has 1 aromatic heterocycles. The summed E-state index contributed by atoms with van der Waals surface area (Å²) in [5.41, 5.74) is 2.87. The van der Waals surface area contributed by atoms with Gasteiger partial charge in [-0.2, -0.15) is 0 Å². The minimum absolute atomic E-state index is 0.396. The van der Waals surface area contributed by atoms with Crippen LogP contribution in [0, 0.1) is 12.7 Å². The Kier molecular flexibility index (Phi) is 3.14. The standard InChI is InChI=1S/C16H14FNO3/c1-9-3-5-11(17)8-12(9)15(19)10-4-6-13-14(7-10)21-16(20)18(13)2/h3-8,15,19H,1-2H3. The number of hydrogen-bond donors (Lipinski definition) is 1. The van der Waals surface area contributed by atoms with E-state index in [1.807, 2.05) is 0 Å². The normalized spacial score (nSPS) is 12.8. The van der Waals surface area contributed by atoms with Crippen molar-refractivity contribution in [2.24, 2.45) is 7.05 Å². The first-order valence-corrected chi connectivity index (χ1v) is 6.51. The second kappa shape index (κ2) is 4.86. The molecule has 4 nitrogen and oxygen atoms in total. The number of halogens is 1. The quantitative estimate of drug-likeness (QED) is 0.788. The van der Waals surface area contributed by atoms with E-state index in [4.69, 9.17) is 4.42 Å². The number of aliphatic hydroxyl groups is 1. The van der Waals surface area contributed by atoms with Gasteiger partial charge in [0.25, 0.3) is 0 Å². The van der Waals surface area contributed by atoms with Crippen LogP contribution in [0.1, 0.15) is 22.8 Å². The number of fused-ring (bicyclic) bond motifs is 1. The molecule has 0 aliphatic carbocycles. The monoisotopic (exact) mass is 287 g/mol. The van der Waals surface area contributed by atoms with E-state index >= 15 is 0 Å². The summed E-state index contributed by atoms with van der Waals surface area (Å²) in [6, 6.07) is 9.29. The van der Waals surface area contributed by atoms with E-state index in [1.54, 1.807) is 38.2 Å². The first-order valence-electron chi connectivity index (χ1n) is 6.51. The predicted octanol–water partition coefficient (Wildman–Crippen LogP) is 2.66. The van der Waals surface area contributed by atoms with Gasteiger partial charge in [-0.3, -0.25) is 4.57 Å². The SMILES string of the molecule is Cc1ccc(F)cc1C(O)c1ccc2c(c1)oc(=O)n2C. The zero-order valence-corrected chi connectivity index (χ0v) is 11.6. The Labute approximate surface area is 120 Å². The Bertz CT molecular complexity index is 879. The molecule has 0 saturated heterocycles. The van der Waals surface area contributed by atoms with E-state index in [2.05, 4.69) is 0 Å². The van der Waals surface area contributed by atoms with E-state index in [9.17, 15) is 14.3 Å². The molecule has 0 radical (unpaired) electrons. The number of aliphatic hydroxyl groups excluding tert-OH is 1. The van der Waals surface area contributed by atoms with Crippen molar-refractivity contribution in [3.63, 3.8) is 0 Å². The summed E-state index contributed by atoms with van der Waals surface area (Å²) < 4.78 is 19.8. The Morgan fingerprint density at radius 3 is 2.76 bits per heavy atom. The van der Waals surface area contributed by atoms with Crippen LogP contribution in [0.3, 0.4) is 0 Å². The number of oxazole rings is 1. The Balaban J connectivity index is 2.11. The third-order valence-corrected chi connectivity index (χ3v) is 3.67. The predicted molar refractivity (Wildman–Crippen MR) is 76.7 cm³/mol. The van der Waals surface area contributed by atoms with Gasteiger partial charge in [0.2, 0.25) is 0 Å². The molecule has 1 heterocycles. The van der Waals surface area contributed by atoms with Gasteiger partial charge >= 0.3 is 5.76 Å². The molecule has 0 bridgehead atoms. The van der Waals surface area contributed by atoms with Crippen LogP contribution >= 0.6 is 0 Å². The van der Waals surface area contributed by atoms with Crippen LogP contribution < -0.4 is 5.76 Å². The van der Waals surface area contributed by atoms with Crippen molar-refractivity contribution in [3.8, 4) is 0 Å². The Morgan fingerprint density at radius 1 is 1.24 bits per heavy atom. The number of hydrogen-bond acceptors (Lipinski definition) is 3.